The van der Waals surface area contributed by atoms with E-state index in [0.717, 1.165) is 12.3 Å². The van der Waals surface area contributed by atoms with E-state index >= 15 is 0 Å². The van der Waals surface area contributed by atoms with E-state index in [9.17, 15) is 4.79 Å². The first-order valence-corrected chi connectivity index (χ1v) is 8.48. The monoisotopic (exact) mass is 364 g/mol. The maximum absolute atomic E-state index is 11.5. The third-order valence-corrected chi connectivity index (χ3v) is 5.80. The van der Waals surface area contributed by atoms with Gasteiger partial charge in [-0.1, -0.05) is 32.6 Å². The molecule has 104 valence electrons. The van der Waals surface area contributed by atoms with Crippen LogP contribution in [0.15, 0.2) is 0 Å². The number of rotatable bonds is 3. The lowest BCUT2D eigenvalue weighted by atomic mass is 9.65. The van der Waals surface area contributed by atoms with Crippen LogP contribution in [-0.4, -0.2) is 9.58 Å². The molecule has 2 nitrogen and oxygen atoms in total. The molecule has 0 radical (unpaired) electrons. The highest BCUT2D eigenvalue weighted by Crippen LogP contribution is 2.57. The summed E-state index contributed by atoms with van der Waals surface area (Å²) < 4.78 is 5.65. The van der Waals surface area contributed by atoms with Crippen LogP contribution in [0.3, 0.4) is 0 Å². The van der Waals surface area contributed by atoms with E-state index in [1.165, 1.54) is 51.4 Å². The van der Waals surface area contributed by atoms with E-state index in [4.69, 9.17) is 4.74 Å². The zero-order chi connectivity index (χ0) is 13.2. The Balaban J connectivity index is 2.23. The van der Waals surface area contributed by atoms with Crippen molar-refractivity contribution in [3.63, 3.8) is 0 Å². The van der Waals surface area contributed by atoms with Crippen LogP contribution in [0.25, 0.3) is 0 Å². The number of halogens is 1. The Kier molecular flexibility index (Phi) is 4.61. The average Bonchev–Trinajstić information content (AvgIpc) is 2.72. The molecule has 2 rings (SSSR count). The van der Waals surface area contributed by atoms with Gasteiger partial charge in [0.15, 0.2) is 0 Å². The zero-order valence-corrected chi connectivity index (χ0v) is 13.8. The summed E-state index contributed by atoms with van der Waals surface area (Å²) in [5.41, 5.74) is 0.00499. The normalized spacial score (nSPS) is 35.4. The van der Waals surface area contributed by atoms with Crippen LogP contribution in [0, 0.1) is 11.3 Å². The van der Waals surface area contributed by atoms with Gasteiger partial charge >= 0.3 is 3.98 Å². The first kappa shape index (κ1) is 14.6. The third-order valence-electron chi connectivity index (χ3n) is 5.58. The van der Waals surface area contributed by atoms with Crippen molar-refractivity contribution in [1.29, 1.82) is 0 Å². The van der Waals surface area contributed by atoms with Crippen LogP contribution < -0.4 is 0 Å². The quantitative estimate of drug-likeness (QED) is 0.490. The van der Waals surface area contributed by atoms with Crippen molar-refractivity contribution in [3.8, 4) is 0 Å². The molecule has 3 unspecified atom stereocenters. The van der Waals surface area contributed by atoms with Crippen molar-refractivity contribution >= 4 is 26.6 Å². The predicted octanol–water partition coefficient (Wildman–Crippen LogP) is 5.48. The lowest BCUT2D eigenvalue weighted by Crippen LogP contribution is -2.47. The van der Waals surface area contributed by atoms with Gasteiger partial charge < -0.3 is 4.74 Å². The van der Waals surface area contributed by atoms with E-state index in [2.05, 4.69) is 13.8 Å². The molecule has 0 spiro atoms. The lowest BCUT2D eigenvalue weighted by molar-refractivity contribution is -0.0776. The van der Waals surface area contributed by atoms with Crippen molar-refractivity contribution < 1.29 is 9.53 Å². The number of fused-ring (bicyclic) bond motifs is 2. The molecular weight excluding hydrogens is 339 g/mol. The smallest absolute Gasteiger partial charge is 0.367 e. The molecule has 0 aromatic carbocycles. The molecule has 2 saturated carbocycles. The number of hydrogen-bond acceptors (Lipinski definition) is 2. The highest BCUT2D eigenvalue weighted by molar-refractivity contribution is 14.1. The van der Waals surface area contributed by atoms with E-state index < -0.39 is 0 Å². The van der Waals surface area contributed by atoms with Gasteiger partial charge in [-0.05, 0) is 44.9 Å². The Hall–Kier alpha value is 0.200. The van der Waals surface area contributed by atoms with E-state index in [0.29, 0.717) is 0 Å². The van der Waals surface area contributed by atoms with E-state index in [1.54, 1.807) is 22.6 Å². The van der Waals surface area contributed by atoms with Gasteiger partial charge in [0.2, 0.25) is 0 Å². The second-order valence-electron chi connectivity index (χ2n) is 6.41. The fourth-order valence-corrected chi connectivity index (χ4v) is 4.75. The Morgan fingerprint density at radius 2 is 2.11 bits per heavy atom. The van der Waals surface area contributed by atoms with Gasteiger partial charge in [0.25, 0.3) is 0 Å². The SMILES string of the molecule is CCC(C)(OC(=O)I)C12CCCCCC(CC1)C2. The molecule has 2 fully saturated rings. The van der Waals surface area contributed by atoms with Crippen molar-refractivity contribution in [2.45, 2.75) is 77.2 Å². The molecule has 0 N–H and O–H groups in total. The minimum absolute atomic E-state index is 0.142. The summed E-state index contributed by atoms with van der Waals surface area (Å²) in [4.78, 5) is 11.5. The van der Waals surface area contributed by atoms with Crippen molar-refractivity contribution in [2.75, 3.05) is 0 Å². The Bertz CT molecular complexity index is 318. The molecule has 2 bridgehead atoms. The third kappa shape index (κ3) is 2.70. The van der Waals surface area contributed by atoms with Gasteiger partial charge in [-0.25, -0.2) is 4.79 Å². The first-order chi connectivity index (χ1) is 8.51. The molecule has 0 aromatic rings. The van der Waals surface area contributed by atoms with Gasteiger partial charge in [-0.3, -0.25) is 0 Å². The largest absolute Gasteiger partial charge is 0.451 e. The van der Waals surface area contributed by atoms with Crippen LogP contribution in [0.1, 0.15) is 71.6 Å². The number of ether oxygens (including phenoxy) is 1. The highest BCUT2D eigenvalue weighted by atomic mass is 127. The zero-order valence-electron chi connectivity index (χ0n) is 11.6. The average molecular weight is 364 g/mol. The maximum atomic E-state index is 11.5. The second-order valence-corrected chi connectivity index (χ2v) is 7.29. The first-order valence-electron chi connectivity index (χ1n) is 7.40. The molecule has 0 amide bonds. The predicted molar refractivity (Wildman–Crippen MR) is 82.1 cm³/mol. The van der Waals surface area contributed by atoms with Gasteiger partial charge in [-0.2, -0.15) is 0 Å². The van der Waals surface area contributed by atoms with Crippen LogP contribution >= 0.6 is 22.6 Å². The van der Waals surface area contributed by atoms with Gasteiger partial charge in [-0.15, -0.1) is 0 Å². The summed E-state index contributed by atoms with van der Waals surface area (Å²) >= 11 is 1.78. The van der Waals surface area contributed by atoms with Gasteiger partial charge in [0.05, 0.1) is 22.6 Å². The van der Waals surface area contributed by atoms with Crippen molar-refractivity contribution in [2.24, 2.45) is 11.3 Å². The van der Waals surface area contributed by atoms with Gasteiger partial charge in [0, 0.05) is 5.41 Å². The molecule has 0 heterocycles. The summed E-state index contributed by atoms with van der Waals surface area (Å²) in [6.07, 6.45) is 11.5. The summed E-state index contributed by atoms with van der Waals surface area (Å²) in [7, 11) is 0. The summed E-state index contributed by atoms with van der Waals surface area (Å²) in [6.45, 7) is 4.34. The van der Waals surface area contributed by atoms with Gasteiger partial charge in [0.1, 0.15) is 5.60 Å². The standard InChI is InChI=1S/C15H25IO2/c1-3-14(2,18-13(16)17)15-9-6-4-5-7-12(11-15)8-10-15/h12H,3-11H2,1-2H3. The fraction of sp³-hybridized carbons (Fsp3) is 0.933. The fourth-order valence-electron chi connectivity index (χ4n) is 4.26. The molecule has 2 aliphatic carbocycles. The second kappa shape index (κ2) is 5.68. The number of hydrogen-bond donors (Lipinski definition) is 0. The van der Waals surface area contributed by atoms with Crippen LogP contribution in [0.4, 0.5) is 4.79 Å². The van der Waals surface area contributed by atoms with Crippen LogP contribution in [0.2, 0.25) is 0 Å². The topological polar surface area (TPSA) is 26.3 Å². The Morgan fingerprint density at radius 1 is 1.33 bits per heavy atom. The summed E-state index contributed by atoms with van der Waals surface area (Å²) in [5, 5.41) is 0. The highest BCUT2D eigenvalue weighted by Gasteiger charge is 2.53. The summed E-state index contributed by atoms with van der Waals surface area (Å²) in [6, 6.07) is 0. The molecule has 3 atom stereocenters. The summed E-state index contributed by atoms with van der Waals surface area (Å²) in [5.74, 6) is 0.879. The lowest BCUT2D eigenvalue weighted by Gasteiger charge is -2.46. The van der Waals surface area contributed by atoms with Crippen LogP contribution in [0.5, 0.6) is 0 Å². The molecule has 18 heavy (non-hydrogen) atoms. The molecule has 0 saturated heterocycles. The minimum Gasteiger partial charge on any atom is -0.451 e. The molecule has 3 heteroatoms. The Labute approximate surface area is 124 Å². The minimum atomic E-state index is -0.253. The Morgan fingerprint density at radius 3 is 2.78 bits per heavy atom. The van der Waals surface area contributed by atoms with Crippen LogP contribution in [-0.2, 0) is 4.74 Å². The molecule has 2 aliphatic rings. The molecule has 0 aliphatic heterocycles. The number of carbonyl (C=O) groups excluding carboxylic acids is 1. The number of carbonyl (C=O) groups is 1. The molecule has 0 aromatic heterocycles. The van der Waals surface area contributed by atoms with E-state index in [1.807, 2.05) is 0 Å². The van der Waals surface area contributed by atoms with Crippen molar-refractivity contribution in [3.05, 3.63) is 0 Å². The maximum Gasteiger partial charge on any atom is 0.367 e. The molecular formula is C15H25IO2. The van der Waals surface area contributed by atoms with E-state index in [-0.39, 0.29) is 15.0 Å². The van der Waals surface area contributed by atoms with Crippen molar-refractivity contribution in [1.82, 2.24) is 0 Å².